The smallest absolute Gasteiger partial charge is 0.199 e. The van der Waals surface area contributed by atoms with E-state index in [1.807, 2.05) is 30.3 Å². The Morgan fingerprint density at radius 3 is 2.91 bits per heavy atom. The van der Waals surface area contributed by atoms with Gasteiger partial charge in [0.2, 0.25) is 0 Å². The standard InChI is InChI=1S/C17H16ClNO2S/c18-11-4-7-15-14(9-11)19-13-6-5-12(10-16(13)22-15)21-17-3-1-2-8-20-17/h4-7,9-10,17,19H,1-3,8H2. The molecule has 2 aromatic carbocycles. The largest absolute Gasteiger partial charge is 0.465 e. The monoisotopic (exact) mass is 333 g/mol. The Labute approximate surface area is 139 Å². The minimum absolute atomic E-state index is 0.112. The predicted octanol–water partition coefficient (Wildman–Crippen LogP) is 5.45. The van der Waals surface area contributed by atoms with E-state index in [4.69, 9.17) is 21.1 Å². The maximum absolute atomic E-state index is 6.05. The summed E-state index contributed by atoms with van der Waals surface area (Å²) in [4.78, 5) is 2.33. The van der Waals surface area contributed by atoms with Crippen molar-refractivity contribution in [3.05, 3.63) is 41.4 Å². The molecule has 2 aromatic rings. The molecule has 0 aliphatic carbocycles. The first kappa shape index (κ1) is 14.2. The van der Waals surface area contributed by atoms with Gasteiger partial charge in [-0.2, -0.15) is 0 Å². The topological polar surface area (TPSA) is 30.5 Å². The summed E-state index contributed by atoms with van der Waals surface area (Å²) in [6.07, 6.45) is 3.15. The lowest BCUT2D eigenvalue weighted by molar-refractivity contribution is -0.106. The third-order valence-corrected chi connectivity index (χ3v) is 5.16. The van der Waals surface area contributed by atoms with Crippen molar-refractivity contribution in [1.82, 2.24) is 0 Å². The molecule has 0 aromatic heterocycles. The van der Waals surface area contributed by atoms with E-state index in [2.05, 4.69) is 11.4 Å². The highest BCUT2D eigenvalue weighted by Gasteiger charge is 2.19. The molecule has 2 heterocycles. The SMILES string of the molecule is Clc1ccc2c(c1)Nc1ccc(OC3CCCCO3)cc1S2. The maximum Gasteiger partial charge on any atom is 0.199 e. The van der Waals surface area contributed by atoms with Crippen molar-refractivity contribution < 1.29 is 9.47 Å². The van der Waals surface area contributed by atoms with Crippen molar-refractivity contribution in [3.8, 4) is 5.75 Å². The van der Waals surface area contributed by atoms with E-state index < -0.39 is 0 Å². The summed E-state index contributed by atoms with van der Waals surface area (Å²) in [5.41, 5.74) is 2.13. The molecule has 22 heavy (non-hydrogen) atoms. The van der Waals surface area contributed by atoms with E-state index in [0.717, 1.165) is 46.5 Å². The van der Waals surface area contributed by atoms with E-state index >= 15 is 0 Å². The van der Waals surface area contributed by atoms with Gasteiger partial charge in [-0.25, -0.2) is 0 Å². The van der Waals surface area contributed by atoms with Gasteiger partial charge in [0.15, 0.2) is 6.29 Å². The van der Waals surface area contributed by atoms with Crippen LogP contribution >= 0.6 is 23.4 Å². The van der Waals surface area contributed by atoms with Gasteiger partial charge in [0.05, 0.1) is 18.0 Å². The minimum Gasteiger partial charge on any atom is -0.465 e. The molecule has 2 aliphatic rings. The Balaban J connectivity index is 1.55. The van der Waals surface area contributed by atoms with Crippen LogP contribution in [0.15, 0.2) is 46.2 Å². The Hall–Kier alpha value is -1.36. The Bertz CT molecular complexity index is 701. The Morgan fingerprint density at radius 1 is 1.09 bits per heavy atom. The lowest BCUT2D eigenvalue weighted by atomic mass is 10.2. The highest BCUT2D eigenvalue weighted by Crippen LogP contribution is 2.46. The van der Waals surface area contributed by atoms with E-state index in [9.17, 15) is 0 Å². The molecule has 3 nitrogen and oxygen atoms in total. The lowest BCUT2D eigenvalue weighted by Crippen LogP contribution is -2.25. The van der Waals surface area contributed by atoms with Crippen molar-refractivity contribution in [2.24, 2.45) is 0 Å². The summed E-state index contributed by atoms with van der Waals surface area (Å²) < 4.78 is 11.6. The zero-order chi connectivity index (χ0) is 14.9. The molecular weight excluding hydrogens is 318 g/mol. The zero-order valence-electron chi connectivity index (χ0n) is 12.0. The highest BCUT2D eigenvalue weighted by atomic mass is 35.5. The molecule has 1 unspecified atom stereocenters. The first-order chi connectivity index (χ1) is 10.8. The molecule has 0 bridgehead atoms. The van der Waals surface area contributed by atoms with Gasteiger partial charge in [0.1, 0.15) is 5.75 Å². The number of ether oxygens (including phenoxy) is 2. The average molecular weight is 334 g/mol. The van der Waals surface area contributed by atoms with Crippen molar-refractivity contribution in [2.75, 3.05) is 11.9 Å². The van der Waals surface area contributed by atoms with Gasteiger partial charge in [-0.3, -0.25) is 0 Å². The molecule has 114 valence electrons. The summed E-state index contributed by atoms with van der Waals surface area (Å²) in [5.74, 6) is 0.859. The van der Waals surface area contributed by atoms with Gasteiger partial charge in [-0.05, 0) is 49.2 Å². The first-order valence-electron chi connectivity index (χ1n) is 7.45. The van der Waals surface area contributed by atoms with Gasteiger partial charge in [-0.15, -0.1) is 0 Å². The second-order valence-corrected chi connectivity index (χ2v) is 6.96. The minimum atomic E-state index is -0.112. The second kappa shape index (κ2) is 6.03. The third kappa shape index (κ3) is 2.91. The van der Waals surface area contributed by atoms with Crippen LogP contribution in [-0.2, 0) is 4.74 Å². The number of rotatable bonds is 2. The van der Waals surface area contributed by atoms with Crippen LogP contribution in [0, 0.1) is 0 Å². The molecule has 2 aliphatic heterocycles. The first-order valence-corrected chi connectivity index (χ1v) is 8.64. The molecule has 0 amide bonds. The number of benzene rings is 2. The van der Waals surface area contributed by atoms with Crippen molar-refractivity contribution in [2.45, 2.75) is 35.3 Å². The number of fused-ring (bicyclic) bond motifs is 2. The zero-order valence-corrected chi connectivity index (χ0v) is 13.5. The lowest BCUT2D eigenvalue weighted by Gasteiger charge is -2.25. The van der Waals surface area contributed by atoms with Crippen LogP contribution in [0.25, 0.3) is 0 Å². The average Bonchev–Trinajstić information content (AvgIpc) is 2.54. The van der Waals surface area contributed by atoms with Gasteiger partial charge in [0.25, 0.3) is 0 Å². The molecule has 1 fully saturated rings. The van der Waals surface area contributed by atoms with Crippen molar-refractivity contribution >= 4 is 34.7 Å². The molecule has 4 rings (SSSR count). The third-order valence-electron chi connectivity index (χ3n) is 3.79. The predicted molar refractivity (Wildman–Crippen MR) is 89.5 cm³/mol. The normalized spacial score (nSPS) is 19.8. The van der Waals surface area contributed by atoms with Crippen LogP contribution in [0.3, 0.4) is 0 Å². The van der Waals surface area contributed by atoms with Gasteiger partial charge in [-0.1, -0.05) is 23.4 Å². The second-order valence-electron chi connectivity index (χ2n) is 5.44. The molecule has 0 radical (unpaired) electrons. The van der Waals surface area contributed by atoms with Gasteiger partial charge < -0.3 is 14.8 Å². The summed E-state index contributed by atoms with van der Waals surface area (Å²) in [5, 5.41) is 4.16. The van der Waals surface area contributed by atoms with Crippen LogP contribution in [0.2, 0.25) is 5.02 Å². The number of halogens is 1. The van der Waals surface area contributed by atoms with E-state index in [-0.39, 0.29) is 6.29 Å². The fourth-order valence-electron chi connectivity index (χ4n) is 2.67. The molecule has 0 saturated carbocycles. The maximum atomic E-state index is 6.05. The quantitative estimate of drug-likeness (QED) is 0.675. The van der Waals surface area contributed by atoms with E-state index in [1.54, 1.807) is 11.8 Å². The molecule has 0 spiro atoms. The Kier molecular flexibility index (Phi) is 3.90. The molecule has 5 heteroatoms. The molecule has 1 saturated heterocycles. The van der Waals surface area contributed by atoms with Crippen LogP contribution in [0.1, 0.15) is 19.3 Å². The molecule has 1 N–H and O–H groups in total. The fourth-order valence-corrected chi connectivity index (χ4v) is 3.84. The van der Waals surface area contributed by atoms with Gasteiger partial charge in [0, 0.05) is 21.2 Å². The summed E-state index contributed by atoms with van der Waals surface area (Å²) >= 11 is 7.78. The van der Waals surface area contributed by atoms with Crippen LogP contribution in [0.5, 0.6) is 5.75 Å². The fraction of sp³-hybridized carbons (Fsp3) is 0.294. The number of hydrogen-bond donors (Lipinski definition) is 1. The highest BCUT2D eigenvalue weighted by molar-refractivity contribution is 7.99. The summed E-state index contributed by atoms with van der Waals surface area (Å²) in [7, 11) is 0. The summed E-state index contributed by atoms with van der Waals surface area (Å²) in [6, 6.07) is 12.0. The number of nitrogens with one attached hydrogen (secondary N) is 1. The van der Waals surface area contributed by atoms with Crippen molar-refractivity contribution in [1.29, 1.82) is 0 Å². The van der Waals surface area contributed by atoms with Crippen LogP contribution < -0.4 is 10.1 Å². The van der Waals surface area contributed by atoms with Gasteiger partial charge >= 0.3 is 0 Å². The van der Waals surface area contributed by atoms with E-state index in [0.29, 0.717) is 0 Å². The molecule has 1 atom stereocenters. The summed E-state index contributed by atoms with van der Waals surface area (Å²) in [6.45, 7) is 0.792. The van der Waals surface area contributed by atoms with Crippen LogP contribution in [-0.4, -0.2) is 12.9 Å². The molecular formula is C17H16ClNO2S. The van der Waals surface area contributed by atoms with Crippen LogP contribution in [0.4, 0.5) is 11.4 Å². The van der Waals surface area contributed by atoms with Crippen molar-refractivity contribution in [3.63, 3.8) is 0 Å². The number of anilines is 2. The number of hydrogen-bond acceptors (Lipinski definition) is 4. The van der Waals surface area contributed by atoms with E-state index in [1.165, 1.54) is 11.3 Å². The Morgan fingerprint density at radius 2 is 2.05 bits per heavy atom.